The van der Waals surface area contributed by atoms with Crippen molar-refractivity contribution in [2.45, 2.75) is 13.8 Å². The molecule has 0 saturated carbocycles. The second-order valence-corrected chi connectivity index (χ2v) is 4.12. The Balaban J connectivity index is 4.74. The Kier molecular flexibility index (Phi) is 10.3. The van der Waals surface area contributed by atoms with E-state index in [1.54, 1.807) is 49.5 Å². The molecule has 2 amide bonds. The fourth-order valence-electron chi connectivity index (χ4n) is 1.28. The van der Waals surface area contributed by atoms with Crippen LogP contribution in [0.5, 0.6) is 0 Å². The minimum atomic E-state index is -0.751. The number of carbonyl (C=O) groups is 2. The summed E-state index contributed by atoms with van der Waals surface area (Å²) in [5, 5.41) is 4.99. The number of carbonyl (C=O) groups excluding carboxylic acids is 2. The van der Waals surface area contributed by atoms with Crippen LogP contribution in [0.3, 0.4) is 0 Å². The van der Waals surface area contributed by atoms with Crippen molar-refractivity contribution in [1.29, 1.82) is 0 Å². The number of amides is 2. The Bertz CT molecular complexity index is 562. The molecule has 0 spiro atoms. The van der Waals surface area contributed by atoms with Crippen LogP contribution in [0, 0.1) is 0 Å². The van der Waals surface area contributed by atoms with E-state index in [9.17, 15) is 9.59 Å². The molecule has 0 heterocycles. The second-order valence-electron chi connectivity index (χ2n) is 4.12. The Labute approximate surface area is 132 Å². The molecule has 0 radical (unpaired) electrons. The van der Waals surface area contributed by atoms with Gasteiger partial charge in [0.25, 0.3) is 0 Å². The molecule has 0 atom stereocenters. The minimum Gasteiger partial charge on any atom is -0.322 e. The van der Waals surface area contributed by atoms with Gasteiger partial charge in [-0.25, -0.2) is 0 Å². The molecule has 0 aliphatic heterocycles. The van der Waals surface area contributed by atoms with Gasteiger partial charge < -0.3 is 10.6 Å². The molecule has 0 fully saturated rings. The molecule has 0 saturated heterocycles. The highest BCUT2D eigenvalue weighted by Crippen LogP contribution is 1.95. The first kappa shape index (κ1) is 19.1. The van der Waals surface area contributed by atoms with Gasteiger partial charge in [0.15, 0.2) is 0 Å². The molecule has 0 aliphatic carbocycles. The van der Waals surface area contributed by atoms with Crippen molar-refractivity contribution >= 4 is 11.8 Å². The molecule has 0 aromatic carbocycles. The summed E-state index contributed by atoms with van der Waals surface area (Å²) in [4.78, 5) is 23.6. The van der Waals surface area contributed by atoms with Crippen molar-refractivity contribution in [3.05, 3.63) is 85.3 Å². The lowest BCUT2D eigenvalue weighted by Crippen LogP contribution is -2.38. The van der Waals surface area contributed by atoms with E-state index in [4.69, 9.17) is 0 Å². The molecule has 0 aromatic rings. The van der Waals surface area contributed by atoms with Gasteiger partial charge in [-0.2, -0.15) is 0 Å². The monoisotopic (exact) mass is 298 g/mol. The van der Waals surface area contributed by atoms with Gasteiger partial charge in [0.2, 0.25) is 0 Å². The van der Waals surface area contributed by atoms with Crippen molar-refractivity contribution in [1.82, 2.24) is 10.6 Å². The molecule has 22 heavy (non-hydrogen) atoms. The molecule has 4 nitrogen and oxygen atoms in total. The lowest BCUT2D eigenvalue weighted by molar-refractivity contribution is -0.138. The van der Waals surface area contributed by atoms with Crippen LogP contribution in [0.1, 0.15) is 13.8 Å². The van der Waals surface area contributed by atoms with Crippen LogP contribution in [0.15, 0.2) is 85.3 Å². The maximum absolute atomic E-state index is 11.8. The summed E-state index contributed by atoms with van der Waals surface area (Å²) < 4.78 is 0. The fraction of sp³-hybridized carbons (Fsp3) is 0.111. The zero-order valence-electron chi connectivity index (χ0n) is 13.0. The number of hydrogen-bond acceptors (Lipinski definition) is 2. The third-order valence-corrected chi connectivity index (χ3v) is 2.24. The average molecular weight is 298 g/mol. The van der Waals surface area contributed by atoms with Gasteiger partial charge in [0.1, 0.15) is 0 Å². The van der Waals surface area contributed by atoms with Gasteiger partial charge in [-0.05, 0) is 32.1 Å². The first-order valence-corrected chi connectivity index (χ1v) is 6.75. The van der Waals surface area contributed by atoms with Gasteiger partial charge in [0.05, 0.1) is 0 Å². The average Bonchev–Trinajstić information content (AvgIpc) is 2.47. The predicted molar refractivity (Wildman–Crippen MR) is 91.6 cm³/mol. The smallest absolute Gasteiger partial charge is 0.314 e. The first-order valence-electron chi connectivity index (χ1n) is 6.75. The SMILES string of the molecule is C=C/C=C\C=C(/C)NC(=O)C(=O)NC(/C=C\C=C/C)=C/C=C. The third kappa shape index (κ3) is 9.09. The highest BCUT2D eigenvalue weighted by Gasteiger charge is 2.13. The zero-order valence-corrected chi connectivity index (χ0v) is 13.0. The summed E-state index contributed by atoms with van der Waals surface area (Å²) >= 11 is 0. The predicted octanol–water partition coefficient (Wildman–Crippen LogP) is 3.07. The second kappa shape index (κ2) is 11.9. The van der Waals surface area contributed by atoms with Gasteiger partial charge >= 0.3 is 11.8 Å². The van der Waals surface area contributed by atoms with Crippen molar-refractivity contribution in [2.24, 2.45) is 0 Å². The molecular weight excluding hydrogens is 276 g/mol. The highest BCUT2D eigenvalue weighted by molar-refractivity contribution is 6.35. The largest absolute Gasteiger partial charge is 0.322 e. The summed E-state index contributed by atoms with van der Waals surface area (Å²) in [5.41, 5.74) is 1.03. The fourth-order valence-corrected chi connectivity index (χ4v) is 1.28. The summed E-state index contributed by atoms with van der Waals surface area (Å²) in [6.45, 7) is 10.7. The van der Waals surface area contributed by atoms with E-state index in [1.165, 1.54) is 6.08 Å². The van der Waals surface area contributed by atoms with Crippen molar-refractivity contribution < 1.29 is 9.59 Å². The molecule has 0 aliphatic rings. The van der Waals surface area contributed by atoms with Crippen LogP contribution in [-0.2, 0) is 9.59 Å². The highest BCUT2D eigenvalue weighted by atomic mass is 16.2. The molecule has 0 aromatic heterocycles. The number of hydrogen-bond donors (Lipinski definition) is 2. The molecule has 0 unspecified atom stereocenters. The van der Waals surface area contributed by atoms with Crippen LogP contribution < -0.4 is 10.6 Å². The van der Waals surface area contributed by atoms with Crippen LogP contribution >= 0.6 is 0 Å². The summed E-state index contributed by atoms with van der Waals surface area (Å²) in [7, 11) is 0. The molecule has 0 bridgehead atoms. The quantitative estimate of drug-likeness (QED) is 0.560. The van der Waals surface area contributed by atoms with Crippen molar-refractivity contribution in [3.63, 3.8) is 0 Å². The van der Waals surface area contributed by atoms with E-state index >= 15 is 0 Å². The van der Waals surface area contributed by atoms with Crippen LogP contribution in [0.2, 0.25) is 0 Å². The lowest BCUT2D eigenvalue weighted by Gasteiger charge is -2.06. The maximum Gasteiger partial charge on any atom is 0.314 e. The molecule has 2 N–H and O–H groups in total. The standard InChI is InChI=1S/C18H22N2O2/c1-5-8-10-13-15(4)19-17(21)18(22)20-16(12-7-3)14-11-9-6-2/h5-14H,1,3H2,2,4H3,(H,19,21)(H,20,22)/b9-6-,10-8-,14-11-,15-13+,16-12+. The maximum atomic E-state index is 11.8. The van der Waals surface area contributed by atoms with Gasteiger partial charge in [-0.1, -0.05) is 55.7 Å². The van der Waals surface area contributed by atoms with E-state index in [-0.39, 0.29) is 0 Å². The lowest BCUT2D eigenvalue weighted by atomic mass is 10.3. The van der Waals surface area contributed by atoms with E-state index in [2.05, 4.69) is 23.8 Å². The topological polar surface area (TPSA) is 58.2 Å². The van der Waals surface area contributed by atoms with Gasteiger partial charge in [0, 0.05) is 11.4 Å². The molecule has 0 rings (SSSR count). The Hall–Kier alpha value is -2.88. The van der Waals surface area contributed by atoms with Crippen molar-refractivity contribution in [2.75, 3.05) is 0 Å². The van der Waals surface area contributed by atoms with E-state index < -0.39 is 11.8 Å². The van der Waals surface area contributed by atoms with Crippen molar-refractivity contribution in [3.8, 4) is 0 Å². The van der Waals surface area contributed by atoms with E-state index in [0.29, 0.717) is 11.4 Å². The first-order chi connectivity index (χ1) is 10.5. The number of nitrogens with one attached hydrogen (secondary N) is 2. The zero-order chi connectivity index (χ0) is 16.8. The number of rotatable bonds is 7. The van der Waals surface area contributed by atoms with Crippen LogP contribution in [0.4, 0.5) is 0 Å². The van der Waals surface area contributed by atoms with Gasteiger partial charge in [-0.15, -0.1) is 0 Å². The number of allylic oxidation sites excluding steroid dienone is 11. The van der Waals surface area contributed by atoms with Gasteiger partial charge in [-0.3, -0.25) is 9.59 Å². The molecular formula is C18H22N2O2. The van der Waals surface area contributed by atoms with E-state index in [0.717, 1.165) is 0 Å². The van der Waals surface area contributed by atoms with E-state index in [1.807, 2.05) is 19.1 Å². The Morgan fingerprint density at radius 3 is 2.14 bits per heavy atom. The summed E-state index contributed by atoms with van der Waals surface area (Å²) in [5.74, 6) is -1.49. The van der Waals surface area contributed by atoms with Crippen LogP contribution in [-0.4, -0.2) is 11.8 Å². The third-order valence-electron chi connectivity index (χ3n) is 2.24. The summed E-state index contributed by atoms with van der Waals surface area (Å²) in [6.07, 6.45) is 16.9. The molecule has 4 heteroatoms. The Morgan fingerprint density at radius 1 is 0.864 bits per heavy atom. The minimum absolute atomic E-state index is 0.474. The van der Waals surface area contributed by atoms with Crippen LogP contribution in [0.25, 0.3) is 0 Å². The normalized spacial score (nSPS) is 12.8. The Morgan fingerprint density at radius 2 is 1.55 bits per heavy atom. The summed E-state index contributed by atoms with van der Waals surface area (Å²) in [6, 6.07) is 0. The molecule has 116 valence electrons.